The monoisotopic (exact) mass is 364 g/mol. The van der Waals surface area contributed by atoms with Crippen molar-refractivity contribution in [1.29, 1.82) is 0 Å². The van der Waals surface area contributed by atoms with Gasteiger partial charge in [0.15, 0.2) is 0 Å². The van der Waals surface area contributed by atoms with E-state index in [1.165, 1.54) is 45.3 Å². The molecule has 6 heteroatoms. The minimum atomic E-state index is 0.446. The van der Waals surface area contributed by atoms with Gasteiger partial charge in [0.2, 0.25) is 0 Å². The number of aryl methyl sites for hydroxylation is 1. The van der Waals surface area contributed by atoms with Crippen LogP contribution in [0.1, 0.15) is 32.1 Å². The van der Waals surface area contributed by atoms with Gasteiger partial charge in [-0.3, -0.25) is 4.68 Å². The summed E-state index contributed by atoms with van der Waals surface area (Å²) in [5, 5.41) is 4.32. The van der Waals surface area contributed by atoms with Crippen molar-refractivity contribution in [2.45, 2.75) is 44.8 Å². The molecule has 0 spiro atoms. The van der Waals surface area contributed by atoms with Crippen molar-refractivity contribution >= 4 is 0 Å². The molecule has 148 valence electrons. The van der Waals surface area contributed by atoms with Crippen molar-refractivity contribution in [3.63, 3.8) is 0 Å². The molecule has 0 bridgehead atoms. The Morgan fingerprint density at radius 1 is 1.19 bits per heavy atom. The van der Waals surface area contributed by atoms with Gasteiger partial charge >= 0.3 is 0 Å². The van der Waals surface area contributed by atoms with E-state index >= 15 is 0 Å². The van der Waals surface area contributed by atoms with E-state index in [0.717, 1.165) is 51.7 Å². The number of methoxy groups -OCH3 is 1. The minimum absolute atomic E-state index is 0.446. The number of piperidine rings is 1. The standard InChI is InChI=1S/C20H36N4O2/c1-25-16-14-22-12-6-19(7-13-22)17-23(18-20-5-2-15-26-20)9-4-11-24-10-3-8-21-24/h3,8,10,19-20H,2,4-7,9,11-18H2,1H3. The average molecular weight is 365 g/mol. The molecule has 0 N–H and O–H groups in total. The summed E-state index contributed by atoms with van der Waals surface area (Å²) in [5.74, 6) is 0.819. The van der Waals surface area contributed by atoms with Gasteiger partial charge in [-0.1, -0.05) is 0 Å². The smallest absolute Gasteiger partial charge is 0.0702 e. The summed E-state index contributed by atoms with van der Waals surface area (Å²) in [4.78, 5) is 5.21. The van der Waals surface area contributed by atoms with Gasteiger partial charge in [0.25, 0.3) is 0 Å². The summed E-state index contributed by atoms with van der Waals surface area (Å²) >= 11 is 0. The van der Waals surface area contributed by atoms with Gasteiger partial charge in [0.1, 0.15) is 0 Å². The van der Waals surface area contributed by atoms with Crippen molar-refractivity contribution in [3.05, 3.63) is 18.5 Å². The third-order valence-corrected chi connectivity index (χ3v) is 5.74. The van der Waals surface area contributed by atoms with E-state index in [4.69, 9.17) is 9.47 Å². The molecule has 1 unspecified atom stereocenters. The first kappa shape index (κ1) is 19.8. The lowest BCUT2D eigenvalue weighted by molar-refractivity contribution is 0.0571. The van der Waals surface area contributed by atoms with Crippen LogP contribution in [0.2, 0.25) is 0 Å². The van der Waals surface area contributed by atoms with E-state index in [2.05, 4.69) is 21.1 Å². The van der Waals surface area contributed by atoms with Crippen molar-refractivity contribution in [2.24, 2.45) is 5.92 Å². The maximum atomic E-state index is 5.90. The molecule has 2 fully saturated rings. The normalized spacial score (nSPS) is 22.5. The number of aromatic nitrogens is 2. The third-order valence-electron chi connectivity index (χ3n) is 5.74. The molecule has 2 aliphatic rings. The molecule has 0 saturated carbocycles. The maximum Gasteiger partial charge on any atom is 0.0702 e. The lowest BCUT2D eigenvalue weighted by Gasteiger charge is -2.35. The Kier molecular flexibility index (Phi) is 8.39. The lowest BCUT2D eigenvalue weighted by atomic mass is 9.96. The Labute approximate surface area is 158 Å². The van der Waals surface area contributed by atoms with E-state index in [9.17, 15) is 0 Å². The minimum Gasteiger partial charge on any atom is -0.383 e. The Hall–Kier alpha value is -0.950. The van der Waals surface area contributed by atoms with Gasteiger partial charge in [0, 0.05) is 58.8 Å². The Morgan fingerprint density at radius 2 is 2.08 bits per heavy atom. The predicted octanol–water partition coefficient (Wildman–Crippen LogP) is 2.11. The molecule has 6 nitrogen and oxygen atoms in total. The topological polar surface area (TPSA) is 42.8 Å². The van der Waals surface area contributed by atoms with Crippen molar-refractivity contribution in [2.75, 3.05) is 59.6 Å². The molecule has 0 radical (unpaired) electrons. The Balaban J connectivity index is 1.42. The van der Waals surface area contributed by atoms with Crippen LogP contribution in [0, 0.1) is 5.92 Å². The van der Waals surface area contributed by atoms with E-state index < -0.39 is 0 Å². The molecule has 0 aliphatic carbocycles. The first-order valence-electron chi connectivity index (χ1n) is 10.4. The van der Waals surface area contributed by atoms with Crippen molar-refractivity contribution in [1.82, 2.24) is 19.6 Å². The van der Waals surface area contributed by atoms with Gasteiger partial charge in [-0.15, -0.1) is 0 Å². The van der Waals surface area contributed by atoms with E-state index in [0.29, 0.717) is 6.10 Å². The molecule has 2 saturated heterocycles. The summed E-state index contributed by atoms with van der Waals surface area (Å²) in [6, 6.07) is 2.00. The number of rotatable bonds is 11. The second kappa shape index (κ2) is 11.0. The highest BCUT2D eigenvalue weighted by Gasteiger charge is 2.24. The molecule has 1 aromatic heterocycles. The van der Waals surface area contributed by atoms with Gasteiger partial charge < -0.3 is 19.3 Å². The van der Waals surface area contributed by atoms with E-state index in [1.807, 2.05) is 16.9 Å². The fraction of sp³-hybridized carbons (Fsp3) is 0.850. The van der Waals surface area contributed by atoms with Gasteiger partial charge in [-0.05, 0) is 57.2 Å². The van der Waals surface area contributed by atoms with Crippen LogP contribution in [-0.2, 0) is 16.0 Å². The number of likely N-dealkylation sites (tertiary alicyclic amines) is 1. The molecule has 26 heavy (non-hydrogen) atoms. The molecule has 0 aromatic carbocycles. The number of ether oxygens (including phenoxy) is 2. The van der Waals surface area contributed by atoms with Crippen LogP contribution in [0.4, 0.5) is 0 Å². The fourth-order valence-electron chi connectivity index (χ4n) is 4.20. The average Bonchev–Trinajstić information content (AvgIpc) is 3.35. The molecular weight excluding hydrogens is 328 g/mol. The largest absolute Gasteiger partial charge is 0.383 e. The summed E-state index contributed by atoms with van der Waals surface area (Å²) in [5.41, 5.74) is 0. The Morgan fingerprint density at radius 3 is 2.77 bits per heavy atom. The van der Waals surface area contributed by atoms with Crippen LogP contribution in [0.15, 0.2) is 18.5 Å². The maximum absolute atomic E-state index is 5.90. The molecule has 1 aromatic rings. The van der Waals surface area contributed by atoms with Crippen molar-refractivity contribution in [3.8, 4) is 0 Å². The van der Waals surface area contributed by atoms with E-state index in [1.54, 1.807) is 7.11 Å². The zero-order valence-electron chi connectivity index (χ0n) is 16.4. The molecular formula is C20H36N4O2. The van der Waals surface area contributed by atoms with Crippen molar-refractivity contribution < 1.29 is 9.47 Å². The molecule has 2 aliphatic heterocycles. The zero-order valence-corrected chi connectivity index (χ0v) is 16.4. The van der Waals surface area contributed by atoms with E-state index in [-0.39, 0.29) is 0 Å². The van der Waals surface area contributed by atoms with Crippen LogP contribution in [-0.4, -0.2) is 85.3 Å². The number of nitrogens with zero attached hydrogens (tertiary/aromatic N) is 4. The zero-order chi connectivity index (χ0) is 18.0. The quantitative estimate of drug-likeness (QED) is 0.602. The predicted molar refractivity (Wildman–Crippen MR) is 103 cm³/mol. The first-order valence-corrected chi connectivity index (χ1v) is 10.4. The molecule has 3 heterocycles. The van der Waals surface area contributed by atoms with Crippen LogP contribution in [0.3, 0.4) is 0 Å². The first-order chi connectivity index (χ1) is 12.8. The summed E-state index contributed by atoms with van der Waals surface area (Å²) in [7, 11) is 1.79. The third kappa shape index (κ3) is 6.65. The molecule has 1 atom stereocenters. The highest BCUT2D eigenvalue weighted by atomic mass is 16.5. The Bertz CT molecular complexity index is 468. The van der Waals surface area contributed by atoms with Crippen LogP contribution >= 0.6 is 0 Å². The summed E-state index contributed by atoms with van der Waals surface area (Å²) < 4.78 is 13.2. The number of hydrogen-bond acceptors (Lipinski definition) is 5. The second-order valence-electron chi connectivity index (χ2n) is 7.80. The highest BCUT2D eigenvalue weighted by molar-refractivity contribution is 4.79. The highest BCUT2D eigenvalue weighted by Crippen LogP contribution is 2.20. The van der Waals surface area contributed by atoms with Gasteiger partial charge in [-0.25, -0.2) is 0 Å². The molecule has 0 amide bonds. The fourth-order valence-corrected chi connectivity index (χ4v) is 4.20. The second-order valence-corrected chi connectivity index (χ2v) is 7.80. The van der Waals surface area contributed by atoms with Crippen LogP contribution in [0.5, 0.6) is 0 Å². The van der Waals surface area contributed by atoms with Crippen LogP contribution < -0.4 is 0 Å². The summed E-state index contributed by atoms with van der Waals surface area (Å²) in [6.07, 6.45) is 10.6. The number of hydrogen-bond donors (Lipinski definition) is 0. The molecule has 3 rings (SSSR count). The van der Waals surface area contributed by atoms with Gasteiger partial charge in [0.05, 0.1) is 12.7 Å². The summed E-state index contributed by atoms with van der Waals surface area (Å²) in [6.45, 7) is 9.78. The van der Waals surface area contributed by atoms with Crippen LogP contribution in [0.25, 0.3) is 0 Å². The van der Waals surface area contributed by atoms with Gasteiger partial charge in [-0.2, -0.15) is 5.10 Å². The SMILES string of the molecule is COCCN1CCC(CN(CCCn2cccn2)CC2CCCO2)CC1. The lowest BCUT2D eigenvalue weighted by Crippen LogP contribution is -2.42.